The number of carbonyl (C=O) groups is 1. The average molecular weight is 768 g/mol. The number of carbonyl (C=O) groups excluding carboxylic acids is 1. The number of aliphatic hydroxyl groups excluding tert-OH is 1. The maximum Gasteiger partial charge on any atom is 0.282 e. The number of amides is 1. The van der Waals surface area contributed by atoms with Gasteiger partial charge in [-0.3, -0.25) is 9.59 Å². The normalized spacial score (nSPS) is 13.4. The highest BCUT2D eigenvalue weighted by Gasteiger charge is 2.40. The monoisotopic (exact) mass is 767 g/mol. The van der Waals surface area contributed by atoms with Crippen LogP contribution in [0.4, 0.5) is 0 Å². The summed E-state index contributed by atoms with van der Waals surface area (Å²) in [6.45, 7) is 6.26. The standard InChI is InChI=1S/C44H53N3O9/c1-31-25-37-38(26-32(31)2)47(43(50)41(46-37)42(49)45-21-23-53-24-22-48)27-39(54-29-51-4)33(3)40(55-30-52-5)28-56-44(34-15-9-6-10-16-34,35-17-11-7-12-18-35)36-19-13-8-14-20-36/h6-20,25-26,33,39-40,48H,21-24,27-30H2,1-5H3,(H,45,49)/t33-,39-,40+/m0/s1. The molecule has 2 N–H and O–H groups in total. The van der Waals surface area contributed by atoms with E-state index in [-0.39, 0.29) is 58.8 Å². The van der Waals surface area contributed by atoms with Crippen LogP contribution in [0, 0.1) is 19.8 Å². The third kappa shape index (κ3) is 10.1. The summed E-state index contributed by atoms with van der Waals surface area (Å²) in [7, 11) is 3.09. The van der Waals surface area contributed by atoms with E-state index < -0.39 is 35.2 Å². The largest absolute Gasteiger partial charge is 0.394 e. The Morgan fingerprint density at radius 3 is 1.88 bits per heavy atom. The minimum absolute atomic E-state index is 0.0205. The quantitative estimate of drug-likeness (QED) is 0.0537. The van der Waals surface area contributed by atoms with E-state index in [0.29, 0.717) is 11.0 Å². The zero-order valence-electron chi connectivity index (χ0n) is 32.8. The van der Waals surface area contributed by atoms with Gasteiger partial charge >= 0.3 is 0 Å². The molecule has 12 heteroatoms. The number of fused-ring (bicyclic) bond motifs is 1. The fourth-order valence-electron chi connectivity index (χ4n) is 6.74. The summed E-state index contributed by atoms with van der Waals surface area (Å²) in [6, 6.07) is 34.0. The van der Waals surface area contributed by atoms with Gasteiger partial charge in [0.2, 0.25) is 0 Å². The summed E-state index contributed by atoms with van der Waals surface area (Å²) < 4.78 is 37.5. The molecule has 0 spiro atoms. The summed E-state index contributed by atoms with van der Waals surface area (Å²) in [5.74, 6) is -1.05. The topological polar surface area (TPSA) is 140 Å². The third-order valence-corrected chi connectivity index (χ3v) is 9.88. The lowest BCUT2D eigenvalue weighted by molar-refractivity contribution is -0.166. The maximum atomic E-state index is 14.3. The Morgan fingerprint density at radius 2 is 1.34 bits per heavy atom. The second-order valence-corrected chi connectivity index (χ2v) is 13.6. The molecule has 4 aromatic carbocycles. The van der Waals surface area contributed by atoms with Gasteiger partial charge in [0, 0.05) is 26.7 Å². The van der Waals surface area contributed by atoms with Crippen LogP contribution in [0.2, 0.25) is 0 Å². The fourth-order valence-corrected chi connectivity index (χ4v) is 6.74. The summed E-state index contributed by atoms with van der Waals surface area (Å²) in [4.78, 5) is 32.2. The summed E-state index contributed by atoms with van der Waals surface area (Å²) in [5.41, 5.74) is 3.94. The number of benzene rings is 4. The second kappa shape index (κ2) is 20.9. The van der Waals surface area contributed by atoms with Gasteiger partial charge in [-0.05, 0) is 53.8 Å². The molecule has 3 atom stereocenters. The van der Waals surface area contributed by atoms with Crippen molar-refractivity contribution in [2.75, 3.05) is 60.8 Å². The minimum Gasteiger partial charge on any atom is -0.394 e. The lowest BCUT2D eigenvalue weighted by Gasteiger charge is -2.38. The molecule has 0 fully saturated rings. The van der Waals surface area contributed by atoms with Gasteiger partial charge in [-0.2, -0.15) is 0 Å². The number of aryl methyl sites for hydroxylation is 2. The molecule has 0 saturated carbocycles. The van der Waals surface area contributed by atoms with Gasteiger partial charge in [-0.1, -0.05) is 97.9 Å². The first-order valence-corrected chi connectivity index (χ1v) is 18.7. The van der Waals surface area contributed by atoms with Crippen molar-refractivity contribution in [3.05, 3.63) is 147 Å². The van der Waals surface area contributed by atoms with Crippen LogP contribution in [0.1, 0.15) is 45.2 Å². The number of ether oxygens (including phenoxy) is 6. The number of hydrogen-bond donors (Lipinski definition) is 2. The molecule has 5 aromatic rings. The van der Waals surface area contributed by atoms with E-state index in [1.165, 1.54) is 7.11 Å². The van der Waals surface area contributed by atoms with E-state index >= 15 is 0 Å². The predicted octanol–water partition coefficient (Wildman–Crippen LogP) is 5.38. The van der Waals surface area contributed by atoms with Crippen LogP contribution in [-0.4, -0.2) is 93.6 Å². The van der Waals surface area contributed by atoms with E-state index in [4.69, 9.17) is 33.5 Å². The lowest BCUT2D eigenvalue weighted by Crippen LogP contribution is -2.44. The number of methoxy groups -OCH3 is 2. The van der Waals surface area contributed by atoms with Gasteiger partial charge in [-0.15, -0.1) is 0 Å². The summed E-state index contributed by atoms with van der Waals surface area (Å²) >= 11 is 0. The van der Waals surface area contributed by atoms with Crippen molar-refractivity contribution in [2.24, 2.45) is 5.92 Å². The summed E-state index contributed by atoms with van der Waals surface area (Å²) in [5, 5.41) is 11.7. The Morgan fingerprint density at radius 1 is 0.804 bits per heavy atom. The van der Waals surface area contributed by atoms with Crippen molar-refractivity contribution < 1.29 is 38.3 Å². The van der Waals surface area contributed by atoms with E-state index in [1.807, 2.05) is 87.5 Å². The Labute approximate surface area is 328 Å². The highest BCUT2D eigenvalue weighted by molar-refractivity contribution is 5.94. The van der Waals surface area contributed by atoms with Crippen LogP contribution in [0.5, 0.6) is 0 Å². The molecule has 1 amide bonds. The molecule has 0 aliphatic carbocycles. The Balaban J connectivity index is 1.55. The zero-order chi connectivity index (χ0) is 39.9. The molecule has 0 bridgehead atoms. The first-order chi connectivity index (χ1) is 27.2. The van der Waals surface area contributed by atoms with Gasteiger partial charge in [0.05, 0.1) is 56.2 Å². The third-order valence-electron chi connectivity index (χ3n) is 9.88. The van der Waals surface area contributed by atoms with Crippen LogP contribution in [0.25, 0.3) is 11.0 Å². The van der Waals surface area contributed by atoms with Gasteiger partial charge in [0.25, 0.3) is 11.5 Å². The zero-order valence-corrected chi connectivity index (χ0v) is 32.8. The highest BCUT2D eigenvalue weighted by atomic mass is 16.7. The van der Waals surface area contributed by atoms with Crippen LogP contribution in [0.15, 0.2) is 108 Å². The van der Waals surface area contributed by atoms with Gasteiger partial charge in [0.1, 0.15) is 19.2 Å². The molecular formula is C44H53N3O9. The molecule has 0 aliphatic rings. The Bertz CT molecular complexity index is 1930. The van der Waals surface area contributed by atoms with Crippen molar-refractivity contribution in [1.29, 1.82) is 0 Å². The number of nitrogens with zero attached hydrogens (tertiary/aromatic N) is 2. The predicted molar refractivity (Wildman–Crippen MR) is 214 cm³/mol. The molecule has 1 aromatic heterocycles. The first kappa shape index (κ1) is 42.4. The minimum atomic E-state index is -1.01. The maximum absolute atomic E-state index is 14.3. The fraction of sp³-hybridized carbons (Fsp3) is 0.386. The number of aliphatic hydroxyl groups is 1. The SMILES string of the molecule is COCO[C@@H](Cn1c(=O)c(C(=O)NCCOCCO)nc2cc(C)c(C)cc21)[C@H](C)[C@@H](COC(c1ccccc1)(c1ccccc1)c1ccccc1)OCOC. The van der Waals surface area contributed by atoms with E-state index in [9.17, 15) is 9.59 Å². The molecule has 298 valence electrons. The van der Waals surface area contributed by atoms with Gasteiger partial charge < -0.3 is 43.4 Å². The highest BCUT2D eigenvalue weighted by Crippen LogP contribution is 2.41. The number of hydrogen-bond acceptors (Lipinski definition) is 10. The second-order valence-electron chi connectivity index (χ2n) is 13.6. The van der Waals surface area contributed by atoms with Crippen LogP contribution < -0.4 is 10.9 Å². The van der Waals surface area contributed by atoms with Crippen LogP contribution in [0.3, 0.4) is 0 Å². The average Bonchev–Trinajstić information content (AvgIpc) is 3.23. The molecule has 1 heterocycles. The molecule has 56 heavy (non-hydrogen) atoms. The van der Waals surface area contributed by atoms with Crippen LogP contribution in [-0.2, 0) is 40.6 Å². The number of rotatable bonds is 22. The van der Waals surface area contributed by atoms with Crippen molar-refractivity contribution in [3.63, 3.8) is 0 Å². The molecule has 0 unspecified atom stereocenters. The van der Waals surface area contributed by atoms with Gasteiger partial charge in [-0.25, -0.2) is 4.98 Å². The lowest BCUT2D eigenvalue weighted by atomic mass is 9.80. The molecule has 12 nitrogen and oxygen atoms in total. The van der Waals surface area contributed by atoms with Crippen molar-refractivity contribution in [2.45, 2.75) is 45.1 Å². The first-order valence-electron chi connectivity index (χ1n) is 18.7. The molecule has 0 aliphatic heterocycles. The van der Waals surface area contributed by atoms with E-state index in [2.05, 4.69) is 46.7 Å². The van der Waals surface area contributed by atoms with E-state index in [0.717, 1.165) is 27.8 Å². The van der Waals surface area contributed by atoms with Crippen molar-refractivity contribution in [1.82, 2.24) is 14.9 Å². The molecule has 0 saturated heterocycles. The Hall–Kier alpha value is -4.79. The van der Waals surface area contributed by atoms with Crippen molar-refractivity contribution in [3.8, 4) is 0 Å². The van der Waals surface area contributed by atoms with Crippen LogP contribution >= 0.6 is 0 Å². The van der Waals surface area contributed by atoms with Crippen molar-refractivity contribution >= 4 is 16.9 Å². The Kier molecular flexibility index (Phi) is 15.8. The number of aromatic nitrogens is 2. The van der Waals surface area contributed by atoms with E-state index in [1.54, 1.807) is 11.7 Å². The smallest absolute Gasteiger partial charge is 0.282 e. The summed E-state index contributed by atoms with van der Waals surface area (Å²) in [6.07, 6.45) is -1.28. The molecule has 5 rings (SSSR count). The number of nitrogens with one attached hydrogen (secondary N) is 1. The molecule has 0 radical (unpaired) electrons. The van der Waals surface area contributed by atoms with Gasteiger partial charge in [0.15, 0.2) is 5.69 Å². The molecular weight excluding hydrogens is 714 g/mol.